The zero-order valence-corrected chi connectivity index (χ0v) is 20.9. The molecule has 3 aromatic rings. The van der Waals surface area contributed by atoms with Gasteiger partial charge in [0.1, 0.15) is 18.5 Å². The van der Waals surface area contributed by atoms with E-state index >= 15 is 0 Å². The Morgan fingerprint density at radius 1 is 1.17 bits per heavy atom. The molecule has 0 aliphatic carbocycles. The number of aryl methyl sites for hydroxylation is 1. The summed E-state index contributed by atoms with van der Waals surface area (Å²) in [5.41, 5.74) is 2.59. The molecule has 0 aliphatic heterocycles. The van der Waals surface area contributed by atoms with Crippen molar-refractivity contribution >= 4 is 40.7 Å². The fourth-order valence-corrected chi connectivity index (χ4v) is 3.67. The van der Waals surface area contributed by atoms with E-state index in [4.69, 9.17) is 37.8 Å². The number of hydrogen-bond donors (Lipinski definition) is 4. The molecular weight excluding hydrogens is 495 g/mol. The number of benzene rings is 2. The van der Waals surface area contributed by atoms with Gasteiger partial charge in [-0.3, -0.25) is 5.32 Å². The molecule has 9 nitrogen and oxygen atoms in total. The maximum absolute atomic E-state index is 13.0. The van der Waals surface area contributed by atoms with Crippen molar-refractivity contribution in [2.75, 3.05) is 37.6 Å². The van der Waals surface area contributed by atoms with Crippen LogP contribution in [0.4, 0.5) is 16.3 Å². The second-order valence-corrected chi connectivity index (χ2v) is 8.59. The molecule has 0 bridgehead atoms. The minimum absolute atomic E-state index is 0.150. The Hall–Kier alpha value is -2.82. The lowest BCUT2D eigenvalue weighted by atomic mass is 10.1. The number of aliphatic hydroxyl groups excluding tert-OH is 2. The van der Waals surface area contributed by atoms with Crippen LogP contribution in [-0.4, -0.2) is 59.1 Å². The number of hydrogen-bond acceptors (Lipinski definition) is 6. The van der Waals surface area contributed by atoms with Crippen LogP contribution in [-0.2, 0) is 11.2 Å². The van der Waals surface area contributed by atoms with Gasteiger partial charge < -0.3 is 25.0 Å². The van der Waals surface area contributed by atoms with E-state index in [-0.39, 0.29) is 12.5 Å². The topological polar surface area (TPSA) is 118 Å². The average molecular weight is 523 g/mol. The van der Waals surface area contributed by atoms with Crippen molar-refractivity contribution < 1.29 is 24.5 Å². The van der Waals surface area contributed by atoms with E-state index in [1.807, 2.05) is 30.3 Å². The number of methoxy groups -OCH3 is 1. The van der Waals surface area contributed by atoms with Gasteiger partial charge in [-0.2, -0.15) is 0 Å². The predicted molar refractivity (Wildman–Crippen MR) is 136 cm³/mol. The van der Waals surface area contributed by atoms with Gasteiger partial charge in [-0.15, -0.1) is 5.10 Å². The lowest BCUT2D eigenvalue weighted by Gasteiger charge is -2.15. The number of carbonyl (C=O) groups is 1. The minimum atomic E-state index is -1.05. The first kappa shape index (κ1) is 26.8. The summed E-state index contributed by atoms with van der Waals surface area (Å²) >= 11 is 12.4. The van der Waals surface area contributed by atoms with E-state index < -0.39 is 18.7 Å². The maximum atomic E-state index is 13.0. The standard InChI is InChI=1S/C24H28Cl2N4O5/c1-15-22(30(17-8-4-3-5-9-17)29-23(15)35-14-18(32)13-31)28-24(33)27-21-12-20(26)19(25)11-16(21)7-6-10-34-2/h3-5,8-9,11-12,18,31-32H,6-7,10,13-14H2,1-2H3,(H2,27,28,33)/t18-/m1/s1. The largest absolute Gasteiger partial charge is 0.474 e. The molecule has 0 spiro atoms. The van der Waals surface area contributed by atoms with Crippen LogP contribution in [0, 0.1) is 6.92 Å². The zero-order valence-electron chi connectivity index (χ0n) is 19.4. The van der Waals surface area contributed by atoms with E-state index in [2.05, 4.69) is 15.7 Å². The lowest BCUT2D eigenvalue weighted by molar-refractivity contribution is 0.0518. The van der Waals surface area contributed by atoms with Crippen LogP contribution < -0.4 is 15.4 Å². The summed E-state index contributed by atoms with van der Waals surface area (Å²) in [6.45, 7) is 1.71. The molecule has 4 N–H and O–H groups in total. The number of amides is 2. The number of halogens is 2. The summed E-state index contributed by atoms with van der Waals surface area (Å²) in [5.74, 6) is 0.592. The number of ether oxygens (including phenoxy) is 2. The molecule has 35 heavy (non-hydrogen) atoms. The van der Waals surface area contributed by atoms with Gasteiger partial charge >= 0.3 is 6.03 Å². The number of anilines is 2. The first-order valence-electron chi connectivity index (χ1n) is 11.0. The number of aliphatic hydroxyl groups is 2. The van der Waals surface area contributed by atoms with Crippen LogP contribution in [0.1, 0.15) is 17.5 Å². The SMILES string of the molecule is COCCCc1cc(Cl)c(Cl)cc1NC(=O)Nc1c(C)c(OC[C@H](O)CO)nn1-c1ccccc1. The fourth-order valence-electron chi connectivity index (χ4n) is 3.32. The van der Waals surface area contributed by atoms with Crippen molar-refractivity contribution in [3.8, 4) is 11.6 Å². The van der Waals surface area contributed by atoms with Crippen LogP contribution in [0.3, 0.4) is 0 Å². The highest BCUT2D eigenvalue weighted by Crippen LogP contribution is 2.31. The third kappa shape index (κ3) is 7.09. The van der Waals surface area contributed by atoms with Gasteiger partial charge in [0.15, 0.2) is 0 Å². The van der Waals surface area contributed by atoms with E-state index in [1.54, 1.807) is 26.2 Å². The zero-order chi connectivity index (χ0) is 25.4. The average Bonchev–Trinajstić information content (AvgIpc) is 3.16. The van der Waals surface area contributed by atoms with Crippen molar-refractivity contribution in [3.05, 3.63) is 63.6 Å². The summed E-state index contributed by atoms with van der Waals surface area (Å²) < 4.78 is 12.2. The monoisotopic (exact) mass is 522 g/mol. The molecule has 2 aromatic carbocycles. The molecule has 188 valence electrons. The molecule has 0 fully saturated rings. The quantitative estimate of drug-likeness (QED) is 0.276. The highest BCUT2D eigenvalue weighted by Gasteiger charge is 2.20. The van der Waals surface area contributed by atoms with E-state index in [0.717, 1.165) is 12.0 Å². The first-order valence-corrected chi connectivity index (χ1v) is 11.7. The Balaban J connectivity index is 1.87. The number of para-hydroxylation sites is 1. The van der Waals surface area contributed by atoms with E-state index in [0.29, 0.717) is 45.8 Å². The molecule has 1 atom stereocenters. The van der Waals surface area contributed by atoms with Crippen LogP contribution in [0.2, 0.25) is 10.0 Å². The highest BCUT2D eigenvalue weighted by atomic mass is 35.5. The van der Waals surface area contributed by atoms with Gasteiger partial charge in [-0.25, -0.2) is 9.48 Å². The predicted octanol–water partition coefficient (Wildman–Crippen LogP) is 4.44. The molecular formula is C24H28Cl2N4O5. The van der Waals surface area contributed by atoms with Gasteiger partial charge in [0, 0.05) is 19.4 Å². The molecule has 3 rings (SSSR count). The number of urea groups is 1. The summed E-state index contributed by atoms with van der Waals surface area (Å²) in [5, 5.41) is 29.5. The van der Waals surface area contributed by atoms with Crippen LogP contribution in [0.25, 0.3) is 5.69 Å². The Kier molecular flexibility index (Phi) is 9.76. The lowest BCUT2D eigenvalue weighted by Crippen LogP contribution is -2.22. The summed E-state index contributed by atoms with van der Waals surface area (Å²) in [7, 11) is 1.63. The number of carbonyl (C=O) groups excluding carboxylic acids is 1. The normalized spacial score (nSPS) is 11.8. The molecule has 0 saturated carbocycles. The number of nitrogens with one attached hydrogen (secondary N) is 2. The third-order valence-corrected chi connectivity index (χ3v) is 5.85. The van der Waals surface area contributed by atoms with Gasteiger partial charge in [-0.1, -0.05) is 41.4 Å². The smallest absolute Gasteiger partial charge is 0.324 e. The molecule has 0 saturated heterocycles. The van der Waals surface area contributed by atoms with Gasteiger partial charge in [0.2, 0.25) is 5.88 Å². The molecule has 0 aliphatic rings. The molecule has 1 heterocycles. The second kappa shape index (κ2) is 12.8. The number of rotatable bonds is 11. The van der Waals surface area contributed by atoms with Crippen LogP contribution in [0.15, 0.2) is 42.5 Å². The Morgan fingerprint density at radius 3 is 2.57 bits per heavy atom. The molecule has 2 amide bonds. The van der Waals surface area contributed by atoms with Crippen LogP contribution in [0.5, 0.6) is 5.88 Å². The molecule has 1 aromatic heterocycles. The Bertz CT molecular complexity index is 1140. The number of nitrogens with zero attached hydrogens (tertiary/aromatic N) is 2. The van der Waals surface area contributed by atoms with Crippen molar-refractivity contribution in [2.24, 2.45) is 0 Å². The van der Waals surface area contributed by atoms with Gasteiger partial charge in [-0.05, 0) is 49.6 Å². The van der Waals surface area contributed by atoms with Crippen molar-refractivity contribution in [1.82, 2.24) is 9.78 Å². The first-order chi connectivity index (χ1) is 16.8. The summed E-state index contributed by atoms with van der Waals surface area (Å²) in [6, 6.07) is 12.0. The van der Waals surface area contributed by atoms with Crippen molar-refractivity contribution in [2.45, 2.75) is 25.9 Å². The third-order valence-electron chi connectivity index (χ3n) is 5.12. The van der Waals surface area contributed by atoms with Crippen molar-refractivity contribution in [1.29, 1.82) is 0 Å². The van der Waals surface area contributed by atoms with Crippen molar-refractivity contribution in [3.63, 3.8) is 0 Å². The fraction of sp³-hybridized carbons (Fsp3) is 0.333. The molecule has 0 radical (unpaired) electrons. The van der Waals surface area contributed by atoms with Gasteiger partial charge in [0.25, 0.3) is 0 Å². The molecule has 11 heteroatoms. The molecule has 0 unspecified atom stereocenters. The van der Waals surface area contributed by atoms with E-state index in [1.165, 1.54) is 4.68 Å². The maximum Gasteiger partial charge on any atom is 0.324 e. The summed E-state index contributed by atoms with van der Waals surface area (Å²) in [4.78, 5) is 13.0. The Labute approximate surface area is 213 Å². The summed E-state index contributed by atoms with van der Waals surface area (Å²) in [6.07, 6.45) is 0.319. The van der Waals surface area contributed by atoms with Gasteiger partial charge in [0.05, 0.1) is 27.9 Å². The van der Waals surface area contributed by atoms with E-state index in [9.17, 15) is 9.90 Å². The minimum Gasteiger partial charge on any atom is -0.474 e. The Morgan fingerprint density at radius 2 is 1.89 bits per heavy atom. The van der Waals surface area contributed by atoms with Crippen LogP contribution >= 0.6 is 23.2 Å². The second-order valence-electron chi connectivity index (χ2n) is 7.77. The number of aromatic nitrogens is 2. The highest BCUT2D eigenvalue weighted by molar-refractivity contribution is 6.42.